The van der Waals surface area contributed by atoms with Gasteiger partial charge in [-0.25, -0.2) is 0 Å². The Bertz CT molecular complexity index is 411. The summed E-state index contributed by atoms with van der Waals surface area (Å²) in [5.74, 6) is -0.0114. The number of hydrogen-bond acceptors (Lipinski definition) is 3. The highest BCUT2D eigenvalue weighted by Crippen LogP contribution is 2.17. The molecule has 4 nitrogen and oxygen atoms in total. The molecule has 1 fully saturated rings. The zero-order valence-corrected chi connectivity index (χ0v) is 11.2. The Balaban J connectivity index is 1.93. The zero-order valence-electron chi connectivity index (χ0n) is 9.57. The number of amides is 1. The molecule has 0 saturated carbocycles. The SMILES string of the molecule is COC1CNC(C(=O)Nc2cccc(Br)c2)C1. The third-order valence-corrected chi connectivity index (χ3v) is 3.33. The Labute approximate surface area is 109 Å². The molecule has 5 heteroatoms. The highest BCUT2D eigenvalue weighted by molar-refractivity contribution is 9.10. The van der Waals surface area contributed by atoms with Crippen LogP contribution in [-0.2, 0) is 9.53 Å². The van der Waals surface area contributed by atoms with Gasteiger partial charge in [0.2, 0.25) is 5.91 Å². The quantitative estimate of drug-likeness (QED) is 0.894. The molecular formula is C12H15BrN2O2. The first-order valence-corrected chi connectivity index (χ1v) is 6.31. The molecule has 17 heavy (non-hydrogen) atoms. The van der Waals surface area contributed by atoms with E-state index in [0.717, 1.165) is 23.1 Å². The van der Waals surface area contributed by atoms with Crippen molar-refractivity contribution in [1.29, 1.82) is 0 Å². The smallest absolute Gasteiger partial charge is 0.241 e. The summed E-state index contributed by atoms with van der Waals surface area (Å²) in [5.41, 5.74) is 0.798. The maximum Gasteiger partial charge on any atom is 0.241 e. The lowest BCUT2D eigenvalue weighted by Gasteiger charge is -2.11. The first-order chi connectivity index (χ1) is 8.19. The summed E-state index contributed by atoms with van der Waals surface area (Å²) in [6.07, 6.45) is 0.851. The summed E-state index contributed by atoms with van der Waals surface area (Å²) in [6, 6.07) is 7.38. The van der Waals surface area contributed by atoms with E-state index in [9.17, 15) is 4.79 Å². The van der Waals surface area contributed by atoms with Crippen molar-refractivity contribution in [2.45, 2.75) is 18.6 Å². The van der Waals surface area contributed by atoms with E-state index in [2.05, 4.69) is 26.6 Å². The summed E-state index contributed by atoms with van der Waals surface area (Å²) in [4.78, 5) is 11.9. The van der Waals surface area contributed by atoms with Crippen LogP contribution >= 0.6 is 15.9 Å². The second-order valence-electron chi connectivity index (χ2n) is 4.05. The molecule has 92 valence electrons. The molecule has 1 amide bonds. The Kier molecular flexibility index (Phi) is 4.15. The lowest BCUT2D eigenvalue weighted by atomic mass is 10.2. The third-order valence-electron chi connectivity index (χ3n) is 2.83. The first-order valence-electron chi connectivity index (χ1n) is 5.51. The molecule has 0 bridgehead atoms. The van der Waals surface area contributed by atoms with Gasteiger partial charge in [-0.2, -0.15) is 0 Å². The van der Waals surface area contributed by atoms with Crippen LogP contribution in [0.5, 0.6) is 0 Å². The fourth-order valence-electron chi connectivity index (χ4n) is 1.88. The molecular weight excluding hydrogens is 284 g/mol. The van der Waals surface area contributed by atoms with Crippen LogP contribution in [0.25, 0.3) is 0 Å². The van der Waals surface area contributed by atoms with Crippen molar-refractivity contribution in [1.82, 2.24) is 5.32 Å². The van der Waals surface area contributed by atoms with Gasteiger partial charge >= 0.3 is 0 Å². The van der Waals surface area contributed by atoms with Crippen LogP contribution < -0.4 is 10.6 Å². The van der Waals surface area contributed by atoms with E-state index < -0.39 is 0 Å². The van der Waals surface area contributed by atoms with Gasteiger partial charge in [0.1, 0.15) is 0 Å². The molecule has 0 aromatic heterocycles. The number of rotatable bonds is 3. The minimum Gasteiger partial charge on any atom is -0.380 e. The molecule has 0 radical (unpaired) electrons. The van der Waals surface area contributed by atoms with E-state index >= 15 is 0 Å². The summed E-state index contributed by atoms with van der Waals surface area (Å²) >= 11 is 3.37. The standard InChI is InChI=1S/C12H15BrN2O2/c1-17-10-6-11(14-7-10)12(16)15-9-4-2-3-8(13)5-9/h2-5,10-11,14H,6-7H2,1H3,(H,15,16). The second-order valence-corrected chi connectivity index (χ2v) is 4.97. The highest BCUT2D eigenvalue weighted by Gasteiger charge is 2.29. The lowest BCUT2D eigenvalue weighted by molar-refractivity contribution is -0.118. The molecule has 2 unspecified atom stereocenters. The molecule has 2 rings (SSSR count). The van der Waals surface area contributed by atoms with Gasteiger partial charge in [0.25, 0.3) is 0 Å². The summed E-state index contributed by atoms with van der Waals surface area (Å²) in [7, 11) is 1.67. The Hall–Kier alpha value is -0.910. The van der Waals surface area contributed by atoms with E-state index in [0.29, 0.717) is 0 Å². The van der Waals surface area contributed by atoms with Crippen molar-refractivity contribution in [3.8, 4) is 0 Å². The van der Waals surface area contributed by atoms with Crippen LogP contribution in [0, 0.1) is 0 Å². The van der Waals surface area contributed by atoms with E-state index in [-0.39, 0.29) is 18.1 Å². The maximum atomic E-state index is 11.9. The number of ether oxygens (including phenoxy) is 1. The van der Waals surface area contributed by atoms with E-state index in [1.165, 1.54) is 0 Å². The molecule has 1 aromatic carbocycles. The van der Waals surface area contributed by atoms with Crippen LogP contribution in [0.2, 0.25) is 0 Å². The second kappa shape index (κ2) is 5.62. The van der Waals surface area contributed by atoms with Crippen LogP contribution in [0.15, 0.2) is 28.7 Å². The Morgan fingerprint density at radius 2 is 2.41 bits per heavy atom. The summed E-state index contributed by atoms with van der Waals surface area (Å²) in [6.45, 7) is 0.729. The monoisotopic (exact) mass is 298 g/mol. The average molecular weight is 299 g/mol. The number of methoxy groups -OCH3 is 1. The molecule has 0 aliphatic carbocycles. The predicted octanol–water partition coefficient (Wildman–Crippen LogP) is 1.76. The molecule has 2 atom stereocenters. The van der Waals surface area contributed by atoms with Gasteiger partial charge in [-0.15, -0.1) is 0 Å². The van der Waals surface area contributed by atoms with Crippen LogP contribution in [0.1, 0.15) is 6.42 Å². The number of benzene rings is 1. The van der Waals surface area contributed by atoms with E-state index in [4.69, 9.17) is 4.74 Å². The Morgan fingerprint density at radius 3 is 3.06 bits per heavy atom. The van der Waals surface area contributed by atoms with Gasteiger partial charge in [-0.1, -0.05) is 22.0 Å². The topological polar surface area (TPSA) is 50.4 Å². The van der Waals surface area contributed by atoms with Crippen LogP contribution in [0.3, 0.4) is 0 Å². The number of carbonyl (C=O) groups excluding carboxylic acids is 1. The molecule has 1 saturated heterocycles. The van der Waals surface area contributed by atoms with Gasteiger partial charge < -0.3 is 15.4 Å². The normalized spacial score (nSPS) is 23.6. The minimum atomic E-state index is -0.168. The van der Waals surface area contributed by atoms with Crippen molar-refractivity contribution in [3.05, 3.63) is 28.7 Å². The molecule has 1 heterocycles. The minimum absolute atomic E-state index is 0.0114. The molecule has 0 spiro atoms. The zero-order chi connectivity index (χ0) is 12.3. The van der Waals surface area contributed by atoms with Crippen molar-refractivity contribution in [2.75, 3.05) is 19.0 Å². The van der Waals surface area contributed by atoms with Crippen molar-refractivity contribution >= 4 is 27.5 Å². The molecule has 1 aliphatic heterocycles. The fourth-order valence-corrected chi connectivity index (χ4v) is 2.28. The third kappa shape index (κ3) is 3.28. The number of anilines is 1. The van der Waals surface area contributed by atoms with Crippen molar-refractivity contribution in [3.63, 3.8) is 0 Å². The average Bonchev–Trinajstić information content (AvgIpc) is 2.77. The predicted molar refractivity (Wildman–Crippen MR) is 70.0 cm³/mol. The van der Waals surface area contributed by atoms with Crippen LogP contribution in [-0.4, -0.2) is 31.7 Å². The number of nitrogens with one attached hydrogen (secondary N) is 2. The van der Waals surface area contributed by atoms with Gasteiger partial charge in [0, 0.05) is 23.8 Å². The maximum absolute atomic E-state index is 11.9. The fraction of sp³-hybridized carbons (Fsp3) is 0.417. The summed E-state index contributed by atoms with van der Waals surface area (Å²) < 4.78 is 6.16. The number of hydrogen-bond donors (Lipinski definition) is 2. The number of carbonyl (C=O) groups is 1. The largest absolute Gasteiger partial charge is 0.380 e. The molecule has 1 aromatic rings. The van der Waals surface area contributed by atoms with Crippen molar-refractivity contribution in [2.24, 2.45) is 0 Å². The van der Waals surface area contributed by atoms with Crippen molar-refractivity contribution < 1.29 is 9.53 Å². The molecule has 2 N–H and O–H groups in total. The van der Waals surface area contributed by atoms with Gasteiger partial charge in [-0.3, -0.25) is 4.79 Å². The first kappa shape index (κ1) is 12.5. The van der Waals surface area contributed by atoms with Gasteiger partial charge in [0.05, 0.1) is 12.1 Å². The highest BCUT2D eigenvalue weighted by atomic mass is 79.9. The van der Waals surface area contributed by atoms with Crippen LogP contribution in [0.4, 0.5) is 5.69 Å². The summed E-state index contributed by atoms with van der Waals surface area (Å²) in [5, 5.41) is 6.03. The Morgan fingerprint density at radius 1 is 1.59 bits per heavy atom. The number of halogens is 1. The van der Waals surface area contributed by atoms with E-state index in [1.807, 2.05) is 24.3 Å². The molecule has 1 aliphatic rings. The lowest BCUT2D eigenvalue weighted by Crippen LogP contribution is -2.35. The van der Waals surface area contributed by atoms with E-state index in [1.54, 1.807) is 7.11 Å². The van der Waals surface area contributed by atoms with Gasteiger partial charge in [0.15, 0.2) is 0 Å². The van der Waals surface area contributed by atoms with Gasteiger partial charge in [-0.05, 0) is 24.6 Å².